The van der Waals surface area contributed by atoms with Gasteiger partial charge in [0, 0.05) is 12.7 Å². The largest absolute Gasteiger partial charge is 0.460 e. The molecule has 0 aromatic carbocycles. The maximum atomic E-state index is 13.2. The first-order valence-corrected chi connectivity index (χ1v) is 8.62. The van der Waals surface area contributed by atoms with E-state index < -0.39 is 34.8 Å². The normalized spacial score (nSPS) is 17.2. The van der Waals surface area contributed by atoms with Crippen molar-refractivity contribution < 1.29 is 31.5 Å². The summed E-state index contributed by atoms with van der Waals surface area (Å²) in [5.41, 5.74) is 1.60. The monoisotopic (exact) mass is 411 g/mol. The van der Waals surface area contributed by atoms with Gasteiger partial charge in [-0.25, -0.2) is 0 Å². The summed E-state index contributed by atoms with van der Waals surface area (Å²) in [6.45, 7) is 5.37. The van der Waals surface area contributed by atoms with Gasteiger partial charge < -0.3 is 9.64 Å². The van der Waals surface area contributed by atoms with Crippen LogP contribution in [0.2, 0.25) is 0 Å². The van der Waals surface area contributed by atoms with Crippen LogP contribution in [0.5, 0.6) is 5.19 Å². The van der Waals surface area contributed by atoms with Crippen molar-refractivity contribution in [2.24, 2.45) is 5.41 Å². The Kier molecular flexibility index (Phi) is 5.65. The second kappa shape index (κ2) is 7.17. The fourth-order valence-corrected chi connectivity index (χ4v) is 3.29. The van der Waals surface area contributed by atoms with Crippen LogP contribution in [0.3, 0.4) is 0 Å². The number of halogens is 5. The Hall–Kier alpha value is -2.04. The molecule has 0 N–H and O–H groups in total. The van der Waals surface area contributed by atoms with Gasteiger partial charge >= 0.3 is 12.1 Å². The Balaban J connectivity index is 2.02. The van der Waals surface area contributed by atoms with Gasteiger partial charge in [0.1, 0.15) is 0 Å². The lowest BCUT2D eigenvalue weighted by atomic mass is 9.82. The highest BCUT2D eigenvalue weighted by molar-refractivity contribution is 7.13. The molecule has 0 aliphatic heterocycles. The smallest absolute Gasteiger partial charge is 0.459 e. The molecule has 11 heteroatoms. The predicted molar refractivity (Wildman–Crippen MR) is 88.4 cm³/mol. The first-order valence-electron chi connectivity index (χ1n) is 7.81. The highest BCUT2D eigenvalue weighted by atomic mass is 32.1. The summed E-state index contributed by atoms with van der Waals surface area (Å²) >= 11 is -0.0528. The lowest BCUT2D eigenvalue weighted by Gasteiger charge is -2.31. The van der Waals surface area contributed by atoms with E-state index >= 15 is 0 Å². The van der Waals surface area contributed by atoms with E-state index in [1.807, 2.05) is 26.8 Å². The van der Waals surface area contributed by atoms with Crippen molar-refractivity contribution in [1.29, 1.82) is 0 Å². The second-order valence-electron chi connectivity index (χ2n) is 6.88. The number of hydrogen-bond acceptors (Lipinski definition) is 5. The fraction of sp³-hybridized carbons (Fsp3) is 0.562. The third-order valence-electron chi connectivity index (χ3n) is 3.80. The molecular weight excluding hydrogens is 393 g/mol. The lowest BCUT2D eigenvalue weighted by molar-refractivity contribution is -0.289. The summed E-state index contributed by atoms with van der Waals surface area (Å²) in [6, 6.07) is 0. The summed E-state index contributed by atoms with van der Waals surface area (Å²) in [4.78, 5) is 13.6. The van der Waals surface area contributed by atoms with Gasteiger partial charge in [0.05, 0.1) is 0 Å². The zero-order chi connectivity index (χ0) is 20.6. The molecule has 1 aliphatic carbocycles. The van der Waals surface area contributed by atoms with Crippen molar-refractivity contribution in [2.45, 2.75) is 39.3 Å². The Bertz CT molecular complexity index is 783. The topological polar surface area (TPSA) is 55.3 Å². The molecule has 1 heterocycles. The van der Waals surface area contributed by atoms with Crippen LogP contribution in [-0.4, -0.2) is 40.8 Å². The molecule has 0 unspecified atom stereocenters. The number of rotatable bonds is 5. The summed E-state index contributed by atoms with van der Waals surface area (Å²) in [7, 11) is 1.54. The highest BCUT2D eigenvalue weighted by Crippen LogP contribution is 2.45. The average molecular weight is 411 g/mol. The molecule has 0 spiro atoms. The Morgan fingerprint density at radius 3 is 2.48 bits per heavy atom. The molecule has 0 bridgehead atoms. The van der Waals surface area contributed by atoms with Crippen molar-refractivity contribution in [3.63, 3.8) is 0 Å². The van der Waals surface area contributed by atoms with E-state index in [9.17, 15) is 26.7 Å². The summed E-state index contributed by atoms with van der Waals surface area (Å²) < 4.78 is 68.3. The molecule has 0 saturated carbocycles. The molecule has 1 amide bonds. The SMILES string of the molecule is CC1=CC(C)(C)CC(N(C)C(=O)COc2nnc(C(F)(F)C(F)(F)F)s2)=C1. The van der Waals surface area contributed by atoms with Gasteiger partial charge in [0.25, 0.3) is 11.1 Å². The highest BCUT2D eigenvalue weighted by Gasteiger charge is 2.61. The lowest BCUT2D eigenvalue weighted by Crippen LogP contribution is -2.33. The van der Waals surface area contributed by atoms with Crippen molar-refractivity contribution in [3.05, 3.63) is 28.4 Å². The minimum atomic E-state index is -5.79. The molecule has 0 radical (unpaired) electrons. The zero-order valence-corrected chi connectivity index (χ0v) is 15.8. The first-order chi connectivity index (χ1) is 12.2. The number of alkyl halides is 5. The summed E-state index contributed by atoms with van der Waals surface area (Å²) in [5.74, 6) is -5.62. The molecule has 0 fully saturated rings. The van der Waals surface area contributed by atoms with Crippen molar-refractivity contribution in [1.82, 2.24) is 15.1 Å². The molecule has 0 atom stereocenters. The van der Waals surface area contributed by atoms with Gasteiger partial charge in [-0.2, -0.15) is 22.0 Å². The number of carbonyl (C=O) groups is 1. The minimum absolute atomic E-state index is 0.0528. The van der Waals surface area contributed by atoms with Crippen LogP contribution in [0.15, 0.2) is 23.4 Å². The molecule has 27 heavy (non-hydrogen) atoms. The van der Waals surface area contributed by atoms with Crippen LogP contribution in [0.25, 0.3) is 0 Å². The number of ether oxygens (including phenoxy) is 1. The van der Waals surface area contributed by atoms with Crippen LogP contribution < -0.4 is 4.74 Å². The van der Waals surface area contributed by atoms with E-state index in [0.29, 0.717) is 6.42 Å². The average Bonchev–Trinajstić information content (AvgIpc) is 2.98. The number of aromatic nitrogens is 2. The van der Waals surface area contributed by atoms with E-state index in [-0.39, 0.29) is 16.8 Å². The van der Waals surface area contributed by atoms with E-state index in [1.54, 1.807) is 0 Å². The molecule has 1 aromatic rings. The molecular formula is C16H18F5N3O2S. The van der Waals surface area contributed by atoms with Gasteiger partial charge in [-0.05, 0) is 24.8 Å². The van der Waals surface area contributed by atoms with Gasteiger partial charge in [-0.3, -0.25) is 4.79 Å². The van der Waals surface area contributed by atoms with E-state index in [2.05, 4.69) is 16.3 Å². The molecule has 2 rings (SSSR count). The van der Waals surface area contributed by atoms with Gasteiger partial charge in [-0.15, -0.1) is 5.10 Å². The number of hydrogen-bond donors (Lipinski definition) is 0. The Labute approximate surface area is 156 Å². The summed E-state index contributed by atoms with van der Waals surface area (Å²) in [6.07, 6.45) is -1.26. The molecule has 5 nitrogen and oxygen atoms in total. The van der Waals surface area contributed by atoms with Gasteiger partial charge in [0.2, 0.25) is 0 Å². The fourth-order valence-electron chi connectivity index (χ4n) is 2.60. The molecule has 150 valence electrons. The summed E-state index contributed by atoms with van der Waals surface area (Å²) in [5, 5.41) is 3.90. The Morgan fingerprint density at radius 2 is 1.93 bits per heavy atom. The quantitative estimate of drug-likeness (QED) is 0.679. The van der Waals surface area contributed by atoms with E-state index in [4.69, 9.17) is 4.74 Å². The number of nitrogens with zero attached hydrogens (tertiary/aromatic N) is 3. The predicted octanol–water partition coefficient (Wildman–Crippen LogP) is 4.29. The number of allylic oxidation sites excluding steroid dienone is 4. The third kappa shape index (κ3) is 4.82. The molecule has 0 saturated heterocycles. The van der Waals surface area contributed by atoms with Crippen LogP contribution in [0, 0.1) is 5.41 Å². The van der Waals surface area contributed by atoms with Crippen molar-refractivity contribution in [3.8, 4) is 5.19 Å². The second-order valence-corrected chi connectivity index (χ2v) is 7.82. The minimum Gasteiger partial charge on any atom is -0.459 e. The standard InChI is InChI=1S/C16H18F5N3O2S/c1-9-5-10(7-14(2,3)6-9)24(4)11(25)8-26-13-23-22-12(27-13)15(17,18)16(19,20)21/h5-6H,7-8H2,1-4H3. The van der Waals surface area contributed by atoms with E-state index in [0.717, 1.165) is 11.3 Å². The maximum absolute atomic E-state index is 13.2. The van der Waals surface area contributed by atoms with Gasteiger partial charge in [-0.1, -0.05) is 41.9 Å². The number of carbonyl (C=O) groups excluding carboxylic acids is 1. The van der Waals surface area contributed by atoms with Gasteiger partial charge in [0.15, 0.2) is 11.6 Å². The van der Waals surface area contributed by atoms with Crippen LogP contribution >= 0.6 is 11.3 Å². The van der Waals surface area contributed by atoms with Crippen molar-refractivity contribution in [2.75, 3.05) is 13.7 Å². The van der Waals surface area contributed by atoms with E-state index in [1.165, 1.54) is 11.9 Å². The zero-order valence-electron chi connectivity index (χ0n) is 15.0. The van der Waals surface area contributed by atoms with Crippen LogP contribution in [-0.2, 0) is 10.7 Å². The van der Waals surface area contributed by atoms with Crippen molar-refractivity contribution >= 4 is 17.2 Å². The first kappa shape index (κ1) is 21.3. The molecule has 1 aliphatic rings. The number of likely N-dealkylation sites (N-methyl/N-ethyl adjacent to an activating group) is 1. The number of amides is 1. The Morgan fingerprint density at radius 1 is 1.30 bits per heavy atom. The third-order valence-corrected chi connectivity index (χ3v) is 4.71. The maximum Gasteiger partial charge on any atom is 0.460 e. The van der Waals surface area contributed by atoms with Crippen LogP contribution in [0.1, 0.15) is 32.2 Å². The van der Waals surface area contributed by atoms with Crippen LogP contribution in [0.4, 0.5) is 22.0 Å². The molecule has 1 aromatic heterocycles.